The molecule has 0 radical (unpaired) electrons. The second-order valence-electron chi connectivity index (χ2n) is 7.86. The Morgan fingerprint density at radius 1 is 1.00 bits per heavy atom. The van der Waals surface area contributed by atoms with Crippen LogP contribution < -0.4 is 5.32 Å². The van der Waals surface area contributed by atoms with Gasteiger partial charge in [0.1, 0.15) is 0 Å². The highest BCUT2D eigenvalue weighted by atomic mass is 16.2. The van der Waals surface area contributed by atoms with Crippen LogP contribution in [0.1, 0.15) is 17.5 Å². The summed E-state index contributed by atoms with van der Waals surface area (Å²) in [5, 5.41) is 3.33. The maximum absolute atomic E-state index is 12.9. The first-order valence-corrected chi connectivity index (χ1v) is 8.91. The van der Waals surface area contributed by atoms with Crippen LogP contribution in [0.2, 0.25) is 0 Å². The zero-order valence-electron chi connectivity index (χ0n) is 14.0. The summed E-state index contributed by atoms with van der Waals surface area (Å²) in [6.07, 6.45) is 5.64. The number of imide groups is 1. The summed E-state index contributed by atoms with van der Waals surface area (Å²) < 4.78 is 0. The van der Waals surface area contributed by atoms with Gasteiger partial charge in [0.15, 0.2) is 0 Å². The number of likely N-dealkylation sites (tertiary alicyclic amines) is 1. The molecule has 6 atom stereocenters. The van der Waals surface area contributed by atoms with Crippen molar-refractivity contribution in [3.8, 4) is 0 Å². The minimum Gasteiger partial charge on any atom is -0.367 e. The van der Waals surface area contributed by atoms with E-state index in [4.69, 9.17) is 0 Å². The zero-order valence-corrected chi connectivity index (χ0v) is 14.0. The number of amides is 2. The molecule has 4 heteroatoms. The molecule has 2 bridgehead atoms. The van der Waals surface area contributed by atoms with Gasteiger partial charge in [-0.25, -0.2) is 0 Å². The summed E-state index contributed by atoms with van der Waals surface area (Å²) in [5.74, 6) is 1.78. The smallest absolute Gasteiger partial charge is 0.235 e. The third kappa shape index (κ3) is 1.74. The Morgan fingerprint density at radius 3 is 2.08 bits per heavy atom. The van der Waals surface area contributed by atoms with Crippen molar-refractivity contribution in [3.63, 3.8) is 0 Å². The van der Waals surface area contributed by atoms with Crippen LogP contribution in [0.4, 0.5) is 5.69 Å². The maximum Gasteiger partial charge on any atom is 0.235 e. The highest BCUT2D eigenvalue weighted by Crippen LogP contribution is 2.65. The second-order valence-corrected chi connectivity index (χ2v) is 7.86. The predicted octanol–water partition coefficient (Wildman–Crippen LogP) is 2.73. The van der Waals surface area contributed by atoms with Crippen LogP contribution in [0.3, 0.4) is 0 Å². The first-order valence-electron chi connectivity index (χ1n) is 8.91. The molecule has 0 spiro atoms. The summed E-state index contributed by atoms with van der Waals surface area (Å²) in [5.41, 5.74) is 3.29. The van der Waals surface area contributed by atoms with Gasteiger partial charge in [0.2, 0.25) is 11.8 Å². The number of hydrogen-bond acceptors (Lipinski definition) is 3. The third-order valence-electron chi connectivity index (χ3n) is 6.65. The van der Waals surface area contributed by atoms with Crippen molar-refractivity contribution in [2.75, 3.05) is 12.0 Å². The van der Waals surface area contributed by atoms with Crippen molar-refractivity contribution >= 4 is 17.5 Å². The van der Waals surface area contributed by atoms with E-state index in [1.807, 2.05) is 32.0 Å². The molecule has 24 heavy (non-hydrogen) atoms. The maximum atomic E-state index is 12.9. The van der Waals surface area contributed by atoms with Crippen molar-refractivity contribution < 1.29 is 9.59 Å². The Bertz CT molecular complexity index is 728. The largest absolute Gasteiger partial charge is 0.367 e. The number of hydrogen-bond donors (Lipinski definition) is 1. The summed E-state index contributed by atoms with van der Waals surface area (Å²) in [7, 11) is 0. The fraction of sp³-hybridized carbons (Fsp3) is 0.500. The van der Waals surface area contributed by atoms with Crippen molar-refractivity contribution in [2.24, 2.45) is 35.5 Å². The van der Waals surface area contributed by atoms with Gasteiger partial charge in [-0.3, -0.25) is 14.5 Å². The normalized spacial score (nSPS) is 38.3. The number of para-hydroxylation sites is 1. The first-order chi connectivity index (χ1) is 11.6. The lowest BCUT2D eigenvalue weighted by Gasteiger charge is -2.37. The highest BCUT2D eigenvalue weighted by Gasteiger charge is 2.66. The third-order valence-corrected chi connectivity index (χ3v) is 6.65. The number of allylic oxidation sites excluding steroid dienone is 2. The SMILES string of the molecule is Cc1cccc(C)c1NCN1C(=O)[C@@H]2[C@H]3C=C[C@@H]([C@@H]4C[C@@H]34)[C@H]2C1=O. The molecule has 6 rings (SSSR count). The number of rotatable bonds is 3. The average Bonchev–Trinajstić information content (AvgIpc) is 3.34. The molecule has 2 saturated carbocycles. The molecule has 1 saturated heterocycles. The molecule has 5 aliphatic rings. The van der Waals surface area contributed by atoms with Crippen molar-refractivity contribution in [2.45, 2.75) is 20.3 Å². The van der Waals surface area contributed by atoms with Crippen molar-refractivity contribution in [3.05, 3.63) is 41.5 Å². The van der Waals surface area contributed by atoms with Crippen LogP contribution in [-0.4, -0.2) is 23.4 Å². The van der Waals surface area contributed by atoms with Crippen LogP contribution in [0, 0.1) is 49.4 Å². The predicted molar refractivity (Wildman–Crippen MR) is 91.0 cm³/mol. The molecular formula is C20H22N2O2. The van der Waals surface area contributed by atoms with E-state index in [2.05, 4.69) is 17.5 Å². The molecule has 0 aromatic heterocycles. The van der Waals surface area contributed by atoms with Crippen LogP contribution in [0.15, 0.2) is 30.4 Å². The van der Waals surface area contributed by atoms with Gasteiger partial charge in [-0.15, -0.1) is 0 Å². The van der Waals surface area contributed by atoms with Crippen molar-refractivity contribution in [1.29, 1.82) is 0 Å². The fourth-order valence-corrected chi connectivity index (χ4v) is 5.43. The molecule has 3 fully saturated rings. The lowest BCUT2D eigenvalue weighted by Crippen LogP contribution is -2.40. The van der Waals surface area contributed by atoms with Crippen molar-refractivity contribution in [1.82, 2.24) is 4.90 Å². The van der Waals surface area contributed by atoms with Gasteiger partial charge in [0.25, 0.3) is 0 Å². The lowest BCUT2D eigenvalue weighted by molar-refractivity contribution is -0.139. The Balaban J connectivity index is 1.39. The number of benzene rings is 1. The molecule has 1 heterocycles. The standard InChI is InChI=1S/C20H22N2O2/c1-10-4-3-5-11(2)18(10)21-9-22-19(23)16-12-6-7-13(15-8-14(12)15)17(16)20(22)24/h3-7,12-17,21H,8-9H2,1-2H3/t12-,13-,14-,15-,16+,17+/m0/s1. The van der Waals surface area contributed by atoms with Gasteiger partial charge in [-0.2, -0.15) is 0 Å². The van der Waals surface area contributed by atoms with Gasteiger partial charge >= 0.3 is 0 Å². The van der Waals surface area contributed by atoms with E-state index in [1.165, 1.54) is 11.3 Å². The Morgan fingerprint density at radius 2 is 1.54 bits per heavy atom. The molecule has 4 nitrogen and oxygen atoms in total. The van der Waals surface area contributed by atoms with Crippen LogP contribution in [-0.2, 0) is 9.59 Å². The van der Waals surface area contributed by atoms with Gasteiger partial charge in [-0.05, 0) is 55.1 Å². The number of nitrogens with zero attached hydrogens (tertiary/aromatic N) is 1. The number of carbonyl (C=O) groups excluding carboxylic acids is 2. The number of nitrogens with one attached hydrogen (secondary N) is 1. The van der Waals surface area contributed by atoms with Gasteiger partial charge < -0.3 is 5.32 Å². The topological polar surface area (TPSA) is 49.4 Å². The minimum absolute atomic E-state index is 0.0356. The molecular weight excluding hydrogens is 300 g/mol. The van der Waals surface area contributed by atoms with Gasteiger partial charge in [0.05, 0.1) is 18.5 Å². The Kier molecular flexibility index (Phi) is 2.80. The van der Waals surface area contributed by atoms with Crippen LogP contribution in [0.5, 0.6) is 0 Å². The molecule has 1 aromatic carbocycles. The summed E-state index contributed by atoms with van der Waals surface area (Å²) in [6, 6.07) is 6.10. The monoisotopic (exact) mass is 322 g/mol. The van der Waals surface area contributed by atoms with E-state index < -0.39 is 0 Å². The van der Waals surface area contributed by atoms with E-state index in [-0.39, 0.29) is 30.3 Å². The number of anilines is 1. The van der Waals surface area contributed by atoms with Gasteiger partial charge in [0, 0.05) is 5.69 Å². The molecule has 1 aliphatic heterocycles. The van der Waals surface area contributed by atoms with Crippen LogP contribution in [0.25, 0.3) is 0 Å². The quantitative estimate of drug-likeness (QED) is 0.688. The highest BCUT2D eigenvalue weighted by molar-refractivity contribution is 6.06. The molecule has 2 amide bonds. The molecule has 124 valence electrons. The number of carbonyl (C=O) groups is 2. The van der Waals surface area contributed by atoms with E-state index in [9.17, 15) is 9.59 Å². The van der Waals surface area contributed by atoms with Gasteiger partial charge in [-0.1, -0.05) is 30.4 Å². The summed E-state index contributed by atoms with van der Waals surface area (Å²) in [4.78, 5) is 27.3. The number of aryl methyl sites for hydroxylation is 2. The molecule has 0 unspecified atom stereocenters. The van der Waals surface area contributed by atoms with Crippen LogP contribution >= 0.6 is 0 Å². The molecule has 4 aliphatic carbocycles. The second kappa shape index (κ2) is 4.71. The average molecular weight is 322 g/mol. The van der Waals surface area contributed by atoms with E-state index in [1.54, 1.807) is 0 Å². The first kappa shape index (κ1) is 14.3. The lowest BCUT2D eigenvalue weighted by atomic mass is 9.63. The molecule has 1 N–H and O–H groups in total. The Hall–Kier alpha value is -2.10. The van der Waals surface area contributed by atoms with E-state index >= 15 is 0 Å². The summed E-state index contributed by atoms with van der Waals surface area (Å²) in [6.45, 7) is 4.37. The Labute approximate surface area is 141 Å². The fourth-order valence-electron chi connectivity index (χ4n) is 5.43. The minimum atomic E-state index is -0.101. The molecule has 1 aromatic rings. The summed E-state index contributed by atoms with van der Waals surface area (Å²) >= 11 is 0. The zero-order chi connectivity index (χ0) is 16.6. The van der Waals surface area contributed by atoms with E-state index in [0.717, 1.165) is 16.8 Å². The van der Waals surface area contributed by atoms with E-state index in [0.29, 0.717) is 23.7 Å².